The Hall–Kier alpha value is -5.90. The van der Waals surface area contributed by atoms with Crippen molar-refractivity contribution in [3.63, 3.8) is 0 Å². The first-order valence-corrected chi connectivity index (χ1v) is 28.3. The summed E-state index contributed by atoms with van der Waals surface area (Å²) >= 11 is 0. The van der Waals surface area contributed by atoms with E-state index in [1.165, 1.54) is 24.3 Å². The molecule has 0 aliphatic carbocycles. The molecule has 2 aliphatic heterocycles. The van der Waals surface area contributed by atoms with E-state index in [0.29, 0.717) is 90.3 Å². The molecule has 0 N–H and O–H groups in total. The molecule has 388 valence electrons. The van der Waals surface area contributed by atoms with Gasteiger partial charge in [-0.25, -0.2) is 17.6 Å². The lowest BCUT2D eigenvalue weighted by atomic mass is 9.80. The van der Waals surface area contributed by atoms with Gasteiger partial charge in [-0.3, -0.25) is 29.0 Å². The number of halogens is 4. The predicted octanol–water partition coefficient (Wildman–Crippen LogP) is 18.6. The molecule has 0 bridgehead atoms. The maximum Gasteiger partial charge on any atom is 0.264 e. The number of unbranched alkanes of at least 4 members (excludes halogenated alkanes) is 16. The van der Waals surface area contributed by atoms with Crippen molar-refractivity contribution in [2.24, 2.45) is 0 Å². The van der Waals surface area contributed by atoms with Crippen LogP contribution in [0.4, 0.5) is 17.6 Å². The first-order chi connectivity index (χ1) is 36.0. The molecule has 0 saturated heterocycles. The van der Waals surface area contributed by atoms with Crippen LogP contribution in [-0.4, -0.2) is 45.5 Å². The molecule has 2 aliphatic rings. The molecule has 0 unspecified atom stereocenters. The molecule has 0 aromatic heterocycles. The number of carbonyl (C=O) groups excluding carboxylic acids is 4. The van der Waals surface area contributed by atoms with Crippen LogP contribution in [0.5, 0.6) is 0 Å². The predicted molar refractivity (Wildman–Crippen MR) is 293 cm³/mol. The van der Waals surface area contributed by atoms with E-state index < -0.39 is 59.0 Å². The van der Waals surface area contributed by atoms with Crippen LogP contribution in [0.25, 0.3) is 75.4 Å². The molecular weight excluding hydrogens is 937 g/mol. The van der Waals surface area contributed by atoms with E-state index in [-0.39, 0.29) is 33.0 Å². The molecule has 10 rings (SSSR count). The number of carbonyl (C=O) groups is 4. The first kappa shape index (κ1) is 51.6. The Balaban J connectivity index is 1.11. The largest absolute Gasteiger partial charge is 0.271 e. The zero-order chi connectivity index (χ0) is 51.9. The van der Waals surface area contributed by atoms with Gasteiger partial charge in [-0.05, 0) is 115 Å². The van der Waals surface area contributed by atoms with Crippen LogP contribution in [-0.2, 0) is 0 Å². The molecule has 0 radical (unpaired) electrons. The average Bonchev–Trinajstić information content (AvgIpc) is 3.38. The number of amides is 4. The van der Waals surface area contributed by atoms with Crippen molar-refractivity contribution in [1.29, 1.82) is 0 Å². The van der Waals surface area contributed by atoms with Crippen molar-refractivity contribution in [3.05, 3.63) is 94.1 Å². The van der Waals surface area contributed by atoms with Gasteiger partial charge in [0.15, 0.2) is 0 Å². The van der Waals surface area contributed by atoms with Crippen LogP contribution < -0.4 is 0 Å². The van der Waals surface area contributed by atoms with Crippen molar-refractivity contribution >= 4 is 99.0 Å². The second kappa shape index (κ2) is 21.8. The standard InChI is InChI=1S/C64H70F4N2O4/c1-5-9-13-17-21-25-37(26-22-18-14-10-6-2)69-61(71)55-47(65)33-43-39-29-31-41-45-35-49(67)57-60-54(45)46(42-32-30-40(51(39)52(41)42)44-34-48(66)56(62(69)72)59(55)53(43)44)36-50(68)58(60)64(74)70(63(57)73)38(27-23-19-15-11-7-3)28-24-20-16-12-8-4/h29-38H,5-28H2,1-4H3. The molecule has 0 fully saturated rings. The number of fused-ring (bicyclic) bond motifs is 4. The second-order valence-corrected chi connectivity index (χ2v) is 21.8. The lowest BCUT2D eigenvalue weighted by molar-refractivity contribution is 0.0495. The molecule has 74 heavy (non-hydrogen) atoms. The molecule has 4 amide bonds. The Morgan fingerprint density at radius 1 is 0.311 bits per heavy atom. The highest BCUT2D eigenvalue weighted by atomic mass is 19.1. The van der Waals surface area contributed by atoms with Gasteiger partial charge in [0, 0.05) is 22.9 Å². The number of benzene rings is 8. The van der Waals surface area contributed by atoms with Gasteiger partial charge in [0.25, 0.3) is 23.6 Å². The monoisotopic (exact) mass is 1010 g/mol. The Kier molecular flexibility index (Phi) is 15.2. The highest BCUT2D eigenvalue weighted by Gasteiger charge is 2.44. The fourth-order valence-electron chi connectivity index (χ4n) is 13.3. The van der Waals surface area contributed by atoms with Crippen molar-refractivity contribution in [3.8, 4) is 0 Å². The number of hydrogen-bond donors (Lipinski definition) is 0. The van der Waals surface area contributed by atoms with Gasteiger partial charge >= 0.3 is 0 Å². The van der Waals surface area contributed by atoms with Crippen molar-refractivity contribution < 1.29 is 36.7 Å². The van der Waals surface area contributed by atoms with Gasteiger partial charge in [0.2, 0.25) is 0 Å². The normalized spacial score (nSPS) is 14.2. The quantitative estimate of drug-likeness (QED) is 0.0178. The smallest absolute Gasteiger partial charge is 0.264 e. The number of hydrogen-bond acceptors (Lipinski definition) is 4. The zero-order valence-electron chi connectivity index (χ0n) is 43.8. The van der Waals surface area contributed by atoms with E-state index in [0.717, 1.165) is 138 Å². The molecule has 0 saturated carbocycles. The Morgan fingerprint density at radius 2 is 0.527 bits per heavy atom. The van der Waals surface area contributed by atoms with Gasteiger partial charge in [-0.1, -0.05) is 180 Å². The summed E-state index contributed by atoms with van der Waals surface area (Å²) < 4.78 is 68.6. The highest BCUT2D eigenvalue weighted by molar-refractivity contribution is 6.45. The molecule has 8 aromatic rings. The minimum absolute atomic E-state index is 0.0303. The van der Waals surface area contributed by atoms with Crippen LogP contribution in [0.2, 0.25) is 0 Å². The highest BCUT2D eigenvalue weighted by Crippen LogP contribution is 2.52. The van der Waals surface area contributed by atoms with Gasteiger partial charge in [-0.2, -0.15) is 0 Å². The fraction of sp³-hybridized carbons (Fsp3) is 0.469. The minimum Gasteiger partial charge on any atom is -0.271 e. The maximum absolute atomic E-state index is 17.1. The molecular formula is C64H70F4N2O4. The van der Waals surface area contributed by atoms with Crippen LogP contribution >= 0.6 is 0 Å². The van der Waals surface area contributed by atoms with Gasteiger partial charge in [-0.15, -0.1) is 0 Å². The van der Waals surface area contributed by atoms with E-state index in [9.17, 15) is 19.2 Å². The Labute approximate surface area is 431 Å². The van der Waals surface area contributed by atoms with E-state index in [2.05, 4.69) is 27.7 Å². The van der Waals surface area contributed by atoms with Crippen molar-refractivity contribution in [2.75, 3.05) is 0 Å². The van der Waals surface area contributed by atoms with Crippen LogP contribution in [0.1, 0.15) is 223 Å². The molecule has 10 heteroatoms. The number of nitrogens with zero attached hydrogens (tertiary/aromatic N) is 2. The zero-order valence-corrected chi connectivity index (χ0v) is 43.8. The summed E-state index contributed by atoms with van der Waals surface area (Å²) in [5.74, 6) is -6.38. The second-order valence-electron chi connectivity index (χ2n) is 21.8. The third-order valence-electron chi connectivity index (χ3n) is 17.0. The third kappa shape index (κ3) is 8.64. The fourth-order valence-corrected chi connectivity index (χ4v) is 13.3. The summed E-state index contributed by atoms with van der Waals surface area (Å²) in [5, 5.41) is 5.66. The lowest BCUT2D eigenvalue weighted by Crippen LogP contribution is -2.48. The molecule has 2 heterocycles. The Morgan fingerprint density at radius 3 is 0.757 bits per heavy atom. The first-order valence-electron chi connectivity index (χ1n) is 28.3. The van der Waals surface area contributed by atoms with Crippen molar-refractivity contribution in [2.45, 2.75) is 194 Å². The summed E-state index contributed by atoms with van der Waals surface area (Å²) in [6.45, 7) is 8.57. The summed E-state index contributed by atoms with van der Waals surface area (Å²) in [6, 6.07) is 11.4. The van der Waals surface area contributed by atoms with Gasteiger partial charge in [0.05, 0.1) is 22.3 Å². The van der Waals surface area contributed by atoms with E-state index >= 15 is 17.6 Å². The van der Waals surface area contributed by atoms with E-state index in [1.54, 1.807) is 24.3 Å². The van der Waals surface area contributed by atoms with Crippen LogP contribution in [0.15, 0.2) is 48.5 Å². The third-order valence-corrected chi connectivity index (χ3v) is 17.0. The van der Waals surface area contributed by atoms with E-state index in [4.69, 9.17) is 0 Å². The summed E-state index contributed by atoms with van der Waals surface area (Å²) in [5.41, 5.74) is -1.21. The number of rotatable bonds is 26. The van der Waals surface area contributed by atoms with Gasteiger partial charge in [0.1, 0.15) is 23.3 Å². The van der Waals surface area contributed by atoms with Gasteiger partial charge < -0.3 is 0 Å². The molecule has 0 spiro atoms. The van der Waals surface area contributed by atoms with Crippen LogP contribution in [0, 0.1) is 23.3 Å². The number of imide groups is 2. The lowest BCUT2D eigenvalue weighted by Gasteiger charge is -2.35. The average molecular weight is 1010 g/mol. The SMILES string of the molecule is CCCCCCCC(CCCCCCC)N1C(=O)c2c(F)cc3c4ccc5c6cc(F)c7c8c(c(F)cc(c9ccc(c%10cc(F)c(c2c3%10)C1=O)c4c59)c86)C(=O)N(C(CCCCCCC)CCCCCCC)C7=O. The summed E-state index contributed by atoms with van der Waals surface area (Å²) in [6.07, 6.45) is 22.0. The Bertz CT molecular complexity index is 3040. The minimum atomic E-state index is -0.853. The van der Waals surface area contributed by atoms with Crippen molar-refractivity contribution in [1.82, 2.24) is 9.80 Å². The maximum atomic E-state index is 17.1. The van der Waals surface area contributed by atoms with E-state index in [1.807, 2.05) is 0 Å². The van der Waals surface area contributed by atoms with Crippen LogP contribution in [0.3, 0.4) is 0 Å². The summed E-state index contributed by atoms with van der Waals surface area (Å²) in [4.78, 5) is 61.4. The topological polar surface area (TPSA) is 74.8 Å². The summed E-state index contributed by atoms with van der Waals surface area (Å²) in [7, 11) is 0. The molecule has 8 aromatic carbocycles. The molecule has 6 nitrogen and oxygen atoms in total. The molecule has 0 atom stereocenters.